The molecule has 0 aliphatic carbocycles. The van der Waals surface area contributed by atoms with Gasteiger partial charge in [-0.3, -0.25) is 0 Å². The zero-order chi connectivity index (χ0) is 14.3. The first kappa shape index (κ1) is 14.8. The Bertz CT molecular complexity index is 557. The van der Waals surface area contributed by atoms with E-state index in [0.717, 1.165) is 50.0 Å². The standard InChI is InChI=1S/C16H19NO2S2/c1-3-14(20-9-1)12-17-6-10-21-13-4-5-15-16(11-13)19-8-2-7-18-15/h1,3-5,9,11,17H,2,6-8,10,12H2. The van der Waals surface area contributed by atoms with E-state index in [4.69, 9.17) is 9.47 Å². The summed E-state index contributed by atoms with van der Waals surface area (Å²) in [5.74, 6) is 2.79. The summed E-state index contributed by atoms with van der Waals surface area (Å²) in [4.78, 5) is 2.62. The van der Waals surface area contributed by atoms with Gasteiger partial charge in [-0.25, -0.2) is 0 Å². The molecule has 5 heteroatoms. The fraction of sp³-hybridized carbons (Fsp3) is 0.375. The number of fused-ring (bicyclic) bond motifs is 1. The molecule has 0 saturated heterocycles. The van der Waals surface area contributed by atoms with Gasteiger partial charge in [0.15, 0.2) is 11.5 Å². The summed E-state index contributed by atoms with van der Waals surface area (Å²) >= 11 is 3.64. The first-order valence-electron chi connectivity index (χ1n) is 7.17. The highest BCUT2D eigenvalue weighted by atomic mass is 32.2. The average molecular weight is 321 g/mol. The van der Waals surface area contributed by atoms with Crippen molar-refractivity contribution < 1.29 is 9.47 Å². The SMILES string of the molecule is c1csc(CNCCSc2ccc3c(c2)OCCCO3)c1. The van der Waals surface area contributed by atoms with E-state index in [0.29, 0.717) is 0 Å². The van der Waals surface area contributed by atoms with Gasteiger partial charge >= 0.3 is 0 Å². The lowest BCUT2D eigenvalue weighted by Crippen LogP contribution is -2.15. The van der Waals surface area contributed by atoms with Gasteiger partial charge < -0.3 is 14.8 Å². The van der Waals surface area contributed by atoms with Crippen molar-refractivity contribution in [1.29, 1.82) is 0 Å². The van der Waals surface area contributed by atoms with E-state index in [1.807, 2.05) is 17.8 Å². The average Bonchev–Trinajstić information content (AvgIpc) is 2.91. The first-order valence-corrected chi connectivity index (χ1v) is 9.04. The number of ether oxygens (including phenoxy) is 2. The van der Waals surface area contributed by atoms with Crippen LogP contribution in [0.2, 0.25) is 0 Å². The largest absolute Gasteiger partial charge is 0.490 e. The topological polar surface area (TPSA) is 30.5 Å². The molecule has 0 atom stereocenters. The zero-order valence-electron chi connectivity index (χ0n) is 11.8. The minimum Gasteiger partial charge on any atom is -0.490 e. The van der Waals surface area contributed by atoms with Crippen LogP contribution in [0.4, 0.5) is 0 Å². The molecule has 1 aromatic carbocycles. The van der Waals surface area contributed by atoms with Crippen LogP contribution in [0.25, 0.3) is 0 Å². The van der Waals surface area contributed by atoms with Gasteiger partial charge in [-0.15, -0.1) is 23.1 Å². The Morgan fingerprint density at radius 2 is 2.05 bits per heavy atom. The second-order valence-corrected chi connectivity index (χ2v) is 6.96. The molecular weight excluding hydrogens is 302 g/mol. The lowest BCUT2D eigenvalue weighted by Gasteiger charge is -2.09. The van der Waals surface area contributed by atoms with E-state index >= 15 is 0 Å². The molecule has 2 heterocycles. The van der Waals surface area contributed by atoms with E-state index in [1.54, 1.807) is 11.3 Å². The Morgan fingerprint density at radius 1 is 1.14 bits per heavy atom. The van der Waals surface area contributed by atoms with E-state index in [9.17, 15) is 0 Å². The predicted molar refractivity (Wildman–Crippen MR) is 88.8 cm³/mol. The third-order valence-electron chi connectivity index (χ3n) is 3.15. The molecule has 1 aromatic heterocycles. The van der Waals surface area contributed by atoms with E-state index in [-0.39, 0.29) is 0 Å². The van der Waals surface area contributed by atoms with Gasteiger partial charge in [-0.2, -0.15) is 0 Å². The molecule has 0 fully saturated rings. The van der Waals surface area contributed by atoms with Crippen molar-refractivity contribution in [2.75, 3.05) is 25.5 Å². The first-order chi connectivity index (χ1) is 10.4. The molecule has 0 bridgehead atoms. The summed E-state index contributed by atoms with van der Waals surface area (Å²) < 4.78 is 11.4. The summed E-state index contributed by atoms with van der Waals surface area (Å²) in [5, 5.41) is 5.58. The van der Waals surface area contributed by atoms with Crippen molar-refractivity contribution in [1.82, 2.24) is 5.32 Å². The van der Waals surface area contributed by atoms with Gasteiger partial charge in [-0.05, 0) is 29.6 Å². The minimum absolute atomic E-state index is 0.740. The molecule has 0 saturated carbocycles. The Morgan fingerprint density at radius 3 is 2.90 bits per heavy atom. The van der Waals surface area contributed by atoms with Crippen molar-refractivity contribution >= 4 is 23.1 Å². The molecular formula is C16H19NO2S2. The minimum atomic E-state index is 0.740. The molecule has 3 nitrogen and oxygen atoms in total. The van der Waals surface area contributed by atoms with Crippen molar-refractivity contribution in [3.63, 3.8) is 0 Å². The highest BCUT2D eigenvalue weighted by Crippen LogP contribution is 2.33. The van der Waals surface area contributed by atoms with Crippen LogP contribution in [0.15, 0.2) is 40.6 Å². The summed E-state index contributed by atoms with van der Waals surface area (Å²) in [6, 6.07) is 10.5. The lowest BCUT2D eigenvalue weighted by molar-refractivity contribution is 0.297. The highest BCUT2D eigenvalue weighted by Gasteiger charge is 2.10. The number of thioether (sulfide) groups is 1. The van der Waals surface area contributed by atoms with Crippen LogP contribution in [-0.2, 0) is 6.54 Å². The van der Waals surface area contributed by atoms with Crippen LogP contribution in [0.5, 0.6) is 11.5 Å². The maximum absolute atomic E-state index is 5.71. The number of hydrogen-bond donors (Lipinski definition) is 1. The Hall–Kier alpha value is -1.17. The van der Waals surface area contributed by atoms with E-state index < -0.39 is 0 Å². The number of rotatable bonds is 6. The fourth-order valence-electron chi connectivity index (χ4n) is 2.10. The molecule has 21 heavy (non-hydrogen) atoms. The second kappa shape index (κ2) is 7.73. The number of nitrogens with one attached hydrogen (secondary N) is 1. The third kappa shape index (κ3) is 4.40. The molecule has 112 valence electrons. The molecule has 0 unspecified atom stereocenters. The van der Waals surface area contributed by atoms with Crippen LogP contribution in [0.3, 0.4) is 0 Å². The van der Waals surface area contributed by atoms with Gasteiger partial charge in [0.05, 0.1) is 13.2 Å². The van der Waals surface area contributed by atoms with Gasteiger partial charge in [0.25, 0.3) is 0 Å². The second-order valence-electron chi connectivity index (χ2n) is 4.76. The summed E-state index contributed by atoms with van der Waals surface area (Å²) in [5.41, 5.74) is 0. The number of benzene rings is 1. The monoisotopic (exact) mass is 321 g/mol. The number of hydrogen-bond acceptors (Lipinski definition) is 5. The van der Waals surface area contributed by atoms with Crippen molar-refractivity contribution in [2.45, 2.75) is 17.9 Å². The molecule has 1 N–H and O–H groups in total. The Labute approximate surface area is 133 Å². The van der Waals surface area contributed by atoms with Crippen LogP contribution in [-0.4, -0.2) is 25.5 Å². The van der Waals surface area contributed by atoms with Gasteiger partial charge in [0, 0.05) is 35.0 Å². The fourth-order valence-corrected chi connectivity index (χ4v) is 3.61. The quantitative estimate of drug-likeness (QED) is 0.648. The molecule has 0 spiro atoms. The molecule has 1 aliphatic heterocycles. The molecule has 1 aliphatic rings. The predicted octanol–water partition coefficient (Wildman–Crippen LogP) is 3.79. The van der Waals surface area contributed by atoms with Crippen LogP contribution < -0.4 is 14.8 Å². The molecule has 3 rings (SSSR count). The summed E-state index contributed by atoms with van der Waals surface area (Å²) in [6.07, 6.45) is 0.948. The number of thiophene rings is 1. The summed E-state index contributed by atoms with van der Waals surface area (Å²) in [6.45, 7) is 3.44. The van der Waals surface area contributed by atoms with Crippen molar-refractivity contribution in [3.05, 3.63) is 40.6 Å². The Balaban J connectivity index is 1.44. The lowest BCUT2D eigenvalue weighted by atomic mass is 10.3. The molecule has 2 aromatic rings. The van der Waals surface area contributed by atoms with Crippen LogP contribution >= 0.6 is 23.1 Å². The van der Waals surface area contributed by atoms with Crippen LogP contribution in [0, 0.1) is 0 Å². The van der Waals surface area contributed by atoms with Gasteiger partial charge in [-0.1, -0.05) is 6.07 Å². The summed E-state index contributed by atoms with van der Waals surface area (Å²) in [7, 11) is 0. The normalized spacial score (nSPS) is 13.9. The Kier molecular flexibility index (Phi) is 5.43. The third-order valence-corrected chi connectivity index (χ3v) is 5.02. The molecule has 0 amide bonds. The maximum atomic E-state index is 5.71. The smallest absolute Gasteiger partial charge is 0.162 e. The molecule has 0 radical (unpaired) electrons. The highest BCUT2D eigenvalue weighted by molar-refractivity contribution is 7.99. The van der Waals surface area contributed by atoms with E-state index in [1.165, 1.54) is 9.77 Å². The van der Waals surface area contributed by atoms with Crippen molar-refractivity contribution in [2.24, 2.45) is 0 Å². The van der Waals surface area contributed by atoms with Crippen LogP contribution in [0.1, 0.15) is 11.3 Å². The van der Waals surface area contributed by atoms with Gasteiger partial charge in [0.2, 0.25) is 0 Å². The van der Waals surface area contributed by atoms with Crippen molar-refractivity contribution in [3.8, 4) is 11.5 Å². The van der Waals surface area contributed by atoms with E-state index in [2.05, 4.69) is 35.0 Å². The van der Waals surface area contributed by atoms with Gasteiger partial charge in [0.1, 0.15) is 0 Å². The maximum Gasteiger partial charge on any atom is 0.162 e. The zero-order valence-corrected chi connectivity index (χ0v) is 13.5.